The van der Waals surface area contributed by atoms with Crippen LogP contribution in [0.1, 0.15) is 53.4 Å². The highest BCUT2D eigenvalue weighted by Crippen LogP contribution is 2.40. The van der Waals surface area contributed by atoms with Gasteiger partial charge in [0.1, 0.15) is 0 Å². The number of aliphatic hydroxyl groups excluding tert-OH is 1. The summed E-state index contributed by atoms with van der Waals surface area (Å²) in [5.74, 6) is 0.651. The third-order valence-corrected chi connectivity index (χ3v) is 3.94. The molecule has 1 heteroatoms. The highest BCUT2D eigenvalue weighted by molar-refractivity contribution is 5.17. The number of hydrogen-bond donors (Lipinski definition) is 1. The zero-order chi connectivity index (χ0) is 13.6. The second kappa shape index (κ2) is 6.94. The average Bonchev–Trinajstić information content (AvgIpc) is 2.35. The molecule has 1 aliphatic carbocycles. The topological polar surface area (TPSA) is 20.2 Å². The van der Waals surface area contributed by atoms with Gasteiger partial charge in [-0.1, -0.05) is 49.8 Å². The first kappa shape index (κ1) is 15.2. The van der Waals surface area contributed by atoms with Gasteiger partial charge in [-0.05, 0) is 45.4 Å². The molecule has 3 atom stereocenters. The van der Waals surface area contributed by atoms with E-state index in [0.717, 1.165) is 12.8 Å². The van der Waals surface area contributed by atoms with E-state index >= 15 is 0 Å². The molecule has 0 bridgehead atoms. The van der Waals surface area contributed by atoms with Gasteiger partial charge in [0.2, 0.25) is 0 Å². The summed E-state index contributed by atoms with van der Waals surface area (Å²) in [5.41, 5.74) is 1.49. The van der Waals surface area contributed by atoms with E-state index in [-0.39, 0.29) is 11.5 Å². The summed E-state index contributed by atoms with van der Waals surface area (Å²) in [6.07, 6.45) is 15.1. The number of hydrogen-bond acceptors (Lipinski definition) is 1. The summed E-state index contributed by atoms with van der Waals surface area (Å²) in [6.45, 7) is 8.61. The number of rotatable bonds is 5. The van der Waals surface area contributed by atoms with Crippen molar-refractivity contribution in [3.05, 3.63) is 36.0 Å². The van der Waals surface area contributed by atoms with Gasteiger partial charge in [0.05, 0.1) is 6.10 Å². The predicted molar refractivity (Wildman–Crippen MR) is 79.5 cm³/mol. The van der Waals surface area contributed by atoms with Crippen LogP contribution in [0.25, 0.3) is 0 Å². The molecule has 0 saturated carbocycles. The molecule has 1 aliphatic rings. The third-order valence-electron chi connectivity index (χ3n) is 3.94. The van der Waals surface area contributed by atoms with Crippen molar-refractivity contribution in [3.63, 3.8) is 0 Å². The van der Waals surface area contributed by atoms with Crippen molar-refractivity contribution < 1.29 is 5.11 Å². The van der Waals surface area contributed by atoms with Crippen LogP contribution >= 0.6 is 0 Å². The number of aliphatic hydroxyl groups is 1. The fourth-order valence-electron chi connectivity index (χ4n) is 2.48. The van der Waals surface area contributed by atoms with E-state index < -0.39 is 0 Å². The molecule has 0 fully saturated rings. The number of allylic oxidation sites excluding steroid dienone is 5. The van der Waals surface area contributed by atoms with Crippen LogP contribution in [0, 0.1) is 11.3 Å². The van der Waals surface area contributed by atoms with E-state index in [9.17, 15) is 5.11 Å². The van der Waals surface area contributed by atoms with E-state index in [4.69, 9.17) is 0 Å². The Hall–Kier alpha value is -0.820. The minimum Gasteiger partial charge on any atom is -0.389 e. The van der Waals surface area contributed by atoms with Crippen LogP contribution in [0.2, 0.25) is 0 Å². The maximum Gasteiger partial charge on any atom is 0.0718 e. The van der Waals surface area contributed by atoms with Gasteiger partial charge in [0, 0.05) is 5.41 Å². The normalized spacial score (nSPS) is 29.5. The molecular weight excluding hydrogens is 220 g/mol. The van der Waals surface area contributed by atoms with Gasteiger partial charge in [0.25, 0.3) is 0 Å². The maximum absolute atomic E-state index is 9.68. The van der Waals surface area contributed by atoms with Crippen LogP contribution in [-0.2, 0) is 0 Å². The summed E-state index contributed by atoms with van der Waals surface area (Å²) in [7, 11) is 0. The van der Waals surface area contributed by atoms with E-state index in [1.54, 1.807) is 0 Å². The van der Waals surface area contributed by atoms with Crippen molar-refractivity contribution in [1.29, 1.82) is 0 Å². The monoisotopic (exact) mass is 248 g/mol. The Bertz CT molecular complexity index is 334. The quantitative estimate of drug-likeness (QED) is 0.703. The maximum atomic E-state index is 9.68. The summed E-state index contributed by atoms with van der Waals surface area (Å²) in [5, 5.41) is 9.68. The minimum absolute atomic E-state index is 0.0976. The van der Waals surface area contributed by atoms with Crippen LogP contribution in [0.15, 0.2) is 36.0 Å². The molecule has 1 N–H and O–H groups in total. The van der Waals surface area contributed by atoms with Crippen molar-refractivity contribution in [3.8, 4) is 0 Å². The van der Waals surface area contributed by atoms with Gasteiger partial charge in [-0.25, -0.2) is 0 Å². The molecule has 102 valence electrons. The van der Waals surface area contributed by atoms with Crippen LogP contribution < -0.4 is 0 Å². The Morgan fingerprint density at radius 3 is 2.83 bits per heavy atom. The zero-order valence-corrected chi connectivity index (χ0v) is 12.3. The molecule has 18 heavy (non-hydrogen) atoms. The summed E-state index contributed by atoms with van der Waals surface area (Å²) >= 11 is 0. The minimum atomic E-state index is -0.304. The average molecular weight is 248 g/mol. The highest BCUT2D eigenvalue weighted by atomic mass is 16.3. The molecule has 0 aromatic rings. The van der Waals surface area contributed by atoms with Gasteiger partial charge in [-0.3, -0.25) is 0 Å². The Labute approximate surface area is 112 Å². The van der Waals surface area contributed by atoms with E-state index in [0.29, 0.717) is 5.92 Å². The van der Waals surface area contributed by atoms with Crippen molar-refractivity contribution in [2.75, 3.05) is 0 Å². The fraction of sp³-hybridized carbons (Fsp3) is 0.647. The molecule has 1 nitrogen and oxygen atoms in total. The van der Waals surface area contributed by atoms with E-state index in [1.807, 2.05) is 13.0 Å². The summed E-state index contributed by atoms with van der Waals surface area (Å²) in [4.78, 5) is 0. The molecule has 0 aliphatic heterocycles. The molecule has 0 aromatic heterocycles. The zero-order valence-electron chi connectivity index (χ0n) is 12.3. The second-order valence-corrected chi connectivity index (χ2v) is 5.89. The van der Waals surface area contributed by atoms with Crippen LogP contribution in [0.3, 0.4) is 0 Å². The van der Waals surface area contributed by atoms with Gasteiger partial charge < -0.3 is 5.11 Å². The van der Waals surface area contributed by atoms with Crippen LogP contribution in [0.4, 0.5) is 0 Å². The lowest BCUT2D eigenvalue weighted by Crippen LogP contribution is -2.25. The first-order valence-electron chi connectivity index (χ1n) is 7.16. The predicted octanol–water partition coefficient (Wildman–Crippen LogP) is 4.64. The molecule has 1 rings (SSSR count). The van der Waals surface area contributed by atoms with Gasteiger partial charge in [-0.2, -0.15) is 0 Å². The van der Waals surface area contributed by atoms with E-state index in [2.05, 4.69) is 45.1 Å². The Morgan fingerprint density at radius 2 is 2.22 bits per heavy atom. The molecule has 0 heterocycles. The first-order chi connectivity index (χ1) is 8.48. The standard InChI is InChI=1S/C17H28O/c1-5-16(18)11-13-17(4)12-7-6-8-15(17)10-9-14(2)3/h7,9,11-13,15-16,18H,5-6,8,10H2,1-4H3. The summed E-state index contributed by atoms with van der Waals surface area (Å²) < 4.78 is 0. The molecule has 3 unspecified atom stereocenters. The lowest BCUT2D eigenvalue weighted by atomic mass is 9.69. The molecule has 0 aromatic carbocycles. The molecular formula is C17H28O. The van der Waals surface area contributed by atoms with Crippen LogP contribution in [-0.4, -0.2) is 11.2 Å². The Morgan fingerprint density at radius 1 is 1.50 bits per heavy atom. The van der Waals surface area contributed by atoms with E-state index in [1.165, 1.54) is 18.4 Å². The lowest BCUT2D eigenvalue weighted by molar-refractivity contribution is 0.215. The third kappa shape index (κ3) is 4.45. The largest absolute Gasteiger partial charge is 0.389 e. The molecule has 0 saturated heterocycles. The van der Waals surface area contributed by atoms with Gasteiger partial charge in [0.15, 0.2) is 0 Å². The summed E-state index contributed by atoms with van der Waals surface area (Å²) in [6, 6.07) is 0. The van der Waals surface area contributed by atoms with Crippen LogP contribution in [0.5, 0.6) is 0 Å². The first-order valence-corrected chi connectivity index (χ1v) is 7.16. The van der Waals surface area contributed by atoms with Crippen molar-refractivity contribution in [2.24, 2.45) is 11.3 Å². The van der Waals surface area contributed by atoms with Gasteiger partial charge in [-0.15, -0.1) is 0 Å². The Kier molecular flexibility index (Phi) is 5.87. The molecule has 0 spiro atoms. The Balaban J connectivity index is 2.79. The fourth-order valence-corrected chi connectivity index (χ4v) is 2.48. The van der Waals surface area contributed by atoms with Crippen molar-refractivity contribution in [1.82, 2.24) is 0 Å². The van der Waals surface area contributed by atoms with Gasteiger partial charge >= 0.3 is 0 Å². The lowest BCUT2D eigenvalue weighted by Gasteiger charge is -2.35. The molecule has 0 radical (unpaired) electrons. The SMILES string of the molecule is CCC(O)C=CC1(C)C=CCCC1CC=C(C)C. The van der Waals surface area contributed by atoms with Crippen molar-refractivity contribution in [2.45, 2.75) is 59.5 Å². The smallest absolute Gasteiger partial charge is 0.0718 e. The second-order valence-electron chi connectivity index (χ2n) is 5.89. The van der Waals surface area contributed by atoms with Crippen molar-refractivity contribution >= 4 is 0 Å². The molecule has 0 amide bonds. The highest BCUT2D eigenvalue weighted by Gasteiger charge is 2.30.